The molecule has 0 aliphatic heterocycles. The number of aromatic nitrogens is 2. The summed E-state index contributed by atoms with van der Waals surface area (Å²) < 4.78 is 20.0. The van der Waals surface area contributed by atoms with Crippen LogP contribution in [0.4, 0.5) is 4.39 Å². The molecule has 0 atom stereocenters. The van der Waals surface area contributed by atoms with E-state index >= 15 is 0 Å². The number of aryl methyl sites for hydroxylation is 1. The van der Waals surface area contributed by atoms with Gasteiger partial charge in [0.2, 0.25) is 11.8 Å². The number of rotatable bonds is 7. The Labute approximate surface area is 180 Å². The van der Waals surface area contributed by atoms with Crippen molar-refractivity contribution < 1.29 is 18.7 Å². The summed E-state index contributed by atoms with van der Waals surface area (Å²) in [7, 11) is 1.61. The molecule has 0 saturated heterocycles. The molecular formula is C23H25FN4O3. The van der Waals surface area contributed by atoms with E-state index < -0.39 is 0 Å². The van der Waals surface area contributed by atoms with Crippen LogP contribution < -0.4 is 15.6 Å². The number of nitrogens with zero attached hydrogens (tertiary/aromatic N) is 2. The van der Waals surface area contributed by atoms with Gasteiger partial charge >= 0.3 is 0 Å². The lowest BCUT2D eigenvalue weighted by Gasteiger charge is -2.09. The van der Waals surface area contributed by atoms with E-state index in [0.717, 1.165) is 28.4 Å². The van der Waals surface area contributed by atoms with Crippen LogP contribution in [0.5, 0.6) is 5.75 Å². The van der Waals surface area contributed by atoms with Crippen LogP contribution >= 0.6 is 0 Å². The Hall–Kier alpha value is -3.68. The van der Waals surface area contributed by atoms with Gasteiger partial charge in [-0.1, -0.05) is 18.2 Å². The number of carbonyl (C=O) groups excluding carboxylic acids is 2. The molecule has 0 bridgehead atoms. The first-order chi connectivity index (χ1) is 14.9. The van der Waals surface area contributed by atoms with E-state index in [9.17, 15) is 14.0 Å². The van der Waals surface area contributed by atoms with E-state index in [1.165, 1.54) is 24.3 Å². The Morgan fingerprint density at radius 1 is 1.06 bits per heavy atom. The van der Waals surface area contributed by atoms with Gasteiger partial charge in [0.05, 0.1) is 24.9 Å². The standard InChI is InChI=1S/C23H25FN4O3/c1-15-21(16(2)28(27-15)19-5-4-6-20(14-19)31-3)11-12-22(29)25-26-23(30)13-17-7-9-18(24)10-8-17/h4-10,14H,11-13H2,1-3H3,(H,25,29)(H,26,30). The molecule has 0 spiro atoms. The Balaban J connectivity index is 1.54. The molecule has 0 unspecified atom stereocenters. The summed E-state index contributed by atoms with van der Waals surface area (Å²) in [6.45, 7) is 3.86. The maximum Gasteiger partial charge on any atom is 0.242 e. The molecule has 0 fully saturated rings. The summed E-state index contributed by atoms with van der Waals surface area (Å²) in [5, 5.41) is 4.59. The summed E-state index contributed by atoms with van der Waals surface area (Å²) in [5.74, 6) is -0.307. The van der Waals surface area contributed by atoms with E-state index in [-0.39, 0.29) is 30.5 Å². The number of ether oxygens (including phenoxy) is 1. The third-order valence-corrected chi connectivity index (χ3v) is 4.96. The van der Waals surface area contributed by atoms with Crippen molar-refractivity contribution in [2.24, 2.45) is 0 Å². The lowest BCUT2D eigenvalue weighted by Crippen LogP contribution is -2.42. The van der Waals surface area contributed by atoms with Gasteiger partial charge in [0.15, 0.2) is 0 Å². The second-order valence-corrected chi connectivity index (χ2v) is 7.16. The van der Waals surface area contributed by atoms with Crippen molar-refractivity contribution in [3.63, 3.8) is 0 Å². The SMILES string of the molecule is COc1cccc(-n2nc(C)c(CCC(=O)NNC(=O)Cc3ccc(F)cc3)c2C)c1. The molecule has 31 heavy (non-hydrogen) atoms. The van der Waals surface area contributed by atoms with E-state index in [2.05, 4.69) is 16.0 Å². The number of methoxy groups -OCH3 is 1. The predicted octanol–water partition coefficient (Wildman–Crippen LogP) is 2.96. The quantitative estimate of drug-likeness (QED) is 0.571. The lowest BCUT2D eigenvalue weighted by atomic mass is 10.1. The number of hydrogen-bond acceptors (Lipinski definition) is 4. The van der Waals surface area contributed by atoms with Gasteiger partial charge in [0.25, 0.3) is 0 Å². The molecule has 2 amide bonds. The van der Waals surface area contributed by atoms with Crippen molar-refractivity contribution in [1.29, 1.82) is 0 Å². The number of benzene rings is 2. The monoisotopic (exact) mass is 424 g/mol. The molecule has 1 aromatic heterocycles. The van der Waals surface area contributed by atoms with Gasteiger partial charge in [-0.15, -0.1) is 0 Å². The smallest absolute Gasteiger partial charge is 0.242 e. The molecule has 2 aromatic carbocycles. The first-order valence-corrected chi connectivity index (χ1v) is 9.89. The summed E-state index contributed by atoms with van der Waals surface area (Å²) in [6, 6.07) is 13.2. The number of nitrogens with one attached hydrogen (secondary N) is 2. The maximum atomic E-state index is 12.9. The highest BCUT2D eigenvalue weighted by atomic mass is 19.1. The fraction of sp³-hybridized carbons (Fsp3) is 0.261. The zero-order valence-electron chi connectivity index (χ0n) is 17.7. The van der Waals surface area contributed by atoms with Crippen molar-refractivity contribution in [1.82, 2.24) is 20.6 Å². The molecule has 7 nitrogen and oxygen atoms in total. The van der Waals surface area contributed by atoms with E-state index in [1.807, 2.05) is 42.8 Å². The van der Waals surface area contributed by atoms with Crippen molar-refractivity contribution in [3.05, 3.63) is 76.9 Å². The largest absolute Gasteiger partial charge is 0.497 e. The molecule has 0 aliphatic carbocycles. The maximum absolute atomic E-state index is 12.9. The van der Waals surface area contributed by atoms with Crippen molar-refractivity contribution in [3.8, 4) is 11.4 Å². The highest BCUT2D eigenvalue weighted by molar-refractivity contribution is 5.83. The topological polar surface area (TPSA) is 85.2 Å². The number of carbonyl (C=O) groups is 2. The molecule has 2 N–H and O–H groups in total. The zero-order chi connectivity index (χ0) is 22.4. The molecule has 0 saturated carbocycles. The Kier molecular flexibility index (Phi) is 7.02. The van der Waals surface area contributed by atoms with Crippen molar-refractivity contribution in [2.45, 2.75) is 33.1 Å². The Morgan fingerprint density at radius 3 is 2.48 bits per heavy atom. The fourth-order valence-electron chi connectivity index (χ4n) is 3.30. The third kappa shape index (κ3) is 5.69. The highest BCUT2D eigenvalue weighted by Crippen LogP contribution is 2.22. The van der Waals surface area contributed by atoms with Crippen LogP contribution in [-0.4, -0.2) is 28.7 Å². The van der Waals surface area contributed by atoms with Crippen LogP contribution in [-0.2, 0) is 22.4 Å². The van der Waals surface area contributed by atoms with Gasteiger partial charge < -0.3 is 4.74 Å². The zero-order valence-corrected chi connectivity index (χ0v) is 17.7. The summed E-state index contributed by atoms with van der Waals surface area (Å²) in [4.78, 5) is 24.1. The first kappa shape index (κ1) is 22.0. The van der Waals surface area contributed by atoms with E-state index in [4.69, 9.17) is 4.74 Å². The van der Waals surface area contributed by atoms with Gasteiger partial charge in [-0.25, -0.2) is 9.07 Å². The molecule has 3 aromatic rings. The predicted molar refractivity (Wildman–Crippen MR) is 114 cm³/mol. The van der Waals surface area contributed by atoms with Gasteiger partial charge in [-0.05, 0) is 55.7 Å². The first-order valence-electron chi connectivity index (χ1n) is 9.89. The van der Waals surface area contributed by atoms with Gasteiger partial charge in [-0.3, -0.25) is 20.4 Å². The van der Waals surface area contributed by atoms with Crippen LogP contribution in [0, 0.1) is 19.7 Å². The number of amides is 2. The summed E-state index contributed by atoms with van der Waals surface area (Å²) in [6.07, 6.45) is 0.732. The molecule has 162 valence electrons. The van der Waals surface area contributed by atoms with Gasteiger partial charge in [-0.2, -0.15) is 5.10 Å². The van der Waals surface area contributed by atoms with Crippen molar-refractivity contribution in [2.75, 3.05) is 7.11 Å². The highest BCUT2D eigenvalue weighted by Gasteiger charge is 2.15. The van der Waals surface area contributed by atoms with Gasteiger partial charge in [0.1, 0.15) is 11.6 Å². The third-order valence-electron chi connectivity index (χ3n) is 4.96. The van der Waals surface area contributed by atoms with Crippen LogP contribution in [0.15, 0.2) is 48.5 Å². The second kappa shape index (κ2) is 9.88. The minimum atomic E-state index is -0.377. The average Bonchev–Trinajstić information content (AvgIpc) is 3.05. The molecular weight excluding hydrogens is 399 g/mol. The Morgan fingerprint density at radius 2 is 1.77 bits per heavy atom. The van der Waals surface area contributed by atoms with Crippen LogP contribution in [0.3, 0.4) is 0 Å². The average molecular weight is 424 g/mol. The lowest BCUT2D eigenvalue weighted by molar-refractivity contribution is -0.128. The van der Waals surface area contributed by atoms with E-state index in [0.29, 0.717) is 12.0 Å². The summed E-state index contributed by atoms with van der Waals surface area (Å²) in [5.41, 5.74) is 9.11. The summed E-state index contributed by atoms with van der Waals surface area (Å²) >= 11 is 0. The van der Waals surface area contributed by atoms with Gasteiger partial charge in [0, 0.05) is 18.2 Å². The second-order valence-electron chi connectivity index (χ2n) is 7.16. The molecule has 3 rings (SSSR count). The molecule has 0 aliphatic rings. The molecule has 1 heterocycles. The van der Waals surface area contributed by atoms with E-state index in [1.54, 1.807) is 7.11 Å². The van der Waals surface area contributed by atoms with Crippen LogP contribution in [0.1, 0.15) is 28.9 Å². The fourth-order valence-corrected chi connectivity index (χ4v) is 3.30. The Bertz CT molecular complexity index is 1080. The normalized spacial score (nSPS) is 10.6. The minimum absolute atomic E-state index is 0.0477. The number of halogens is 1. The molecule has 8 heteroatoms. The number of hydrogen-bond donors (Lipinski definition) is 2. The molecule has 0 radical (unpaired) electrons. The number of hydrazine groups is 1. The minimum Gasteiger partial charge on any atom is -0.497 e. The van der Waals surface area contributed by atoms with Crippen LogP contribution in [0.2, 0.25) is 0 Å². The van der Waals surface area contributed by atoms with Crippen LogP contribution in [0.25, 0.3) is 5.69 Å². The van der Waals surface area contributed by atoms with Crippen molar-refractivity contribution >= 4 is 11.8 Å².